The van der Waals surface area contributed by atoms with Gasteiger partial charge in [-0.25, -0.2) is 4.90 Å². The number of hydrogen-bond acceptors (Lipinski definition) is 5. The molecular weight excluding hydrogens is 430 g/mol. The van der Waals surface area contributed by atoms with Gasteiger partial charge in [0, 0.05) is 30.8 Å². The summed E-state index contributed by atoms with van der Waals surface area (Å²) in [5.74, 6) is -0.957. The number of carbonyl (C=O) groups excluding carboxylic acids is 3. The van der Waals surface area contributed by atoms with Crippen LogP contribution in [-0.2, 0) is 4.79 Å². The van der Waals surface area contributed by atoms with Crippen LogP contribution in [0.2, 0.25) is 0 Å². The van der Waals surface area contributed by atoms with Gasteiger partial charge in [-0.3, -0.25) is 14.4 Å². The van der Waals surface area contributed by atoms with E-state index in [2.05, 4.69) is 11.4 Å². The number of aryl methyl sites for hydroxylation is 1. The minimum atomic E-state index is -0.743. The van der Waals surface area contributed by atoms with Crippen molar-refractivity contribution >= 4 is 17.7 Å². The predicted octanol–water partition coefficient (Wildman–Crippen LogP) is 3.07. The molecule has 0 fully saturated rings. The maximum absolute atomic E-state index is 13.1. The molecule has 8 heteroatoms. The molecule has 1 unspecified atom stereocenters. The second-order valence-corrected chi connectivity index (χ2v) is 7.92. The van der Waals surface area contributed by atoms with E-state index >= 15 is 0 Å². The third kappa shape index (κ3) is 5.48. The van der Waals surface area contributed by atoms with Crippen LogP contribution < -0.4 is 5.32 Å². The van der Waals surface area contributed by atoms with Crippen molar-refractivity contribution in [1.29, 1.82) is 10.5 Å². The largest absolute Gasteiger partial charge is 0.345 e. The van der Waals surface area contributed by atoms with Gasteiger partial charge in [-0.2, -0.15) is 10.5 Å². The lowest BCUT2D eigenvalue weighted by Crippen LogP contribution is -2.34. The molecule has 3 rings (SSSR count). The zero-order valence-electron chi connectivity index (χ0n) is 19.1. The Kier molecular flexibility index (Phi) is 7.79. The third-order valence-corrected chi connectivity index (χ3v) is 5.66. The van der Waals surface area contributed by atoms with E-state index in [4.69, 9.17) is 0 Å². The molecule has 2 aromatic rings. The molecule has 0 bridgehead atoms. The van der Waals surface area contributed by atoms with Gasteiger partial charge >= 0.3 is 0 Å². The van der Waals surface area contributed by atoms with Gasteiger partial charge in [0.2, 0.25) is 5.91 Å². The quantitative estimate of drug-likeness (QED) is 0.391. The third-order valence-electron chi connectivity index (χ3n) is 5.66. The molecule has 1 N–H and O–H groups in total. The van der Waals surface area contributed by atoms with Crippen LogP contribution in [0, 0.1) is 29.7 Å². The highest BCUT2D eigenvalue weighted by Gasteiger charge is 2.24. The summed E-state index contributed by atoms with van der Waals surface area (Å²) in [5, 5.41) is 21.3. The Morgan fingerprint density at radius 2 is 1.85 bits per heavy atom. The Morgan fingerprint density at radius 3 is 2.47 bits per heavy atom. The first kappa shape index (κ1) is 24.2. The fourth-order valence-electron chi connectivity index (χ4n) is 3.77. The molecule has 1 atom stereocenters. The van der Waals surface area contributed by atoms with Gasteiger partial charge in [0.1, 0.15) is 0 Å². The smallest absolute Gasteiger partial charge is 0.254 e. The highest BCUT2D eigenvalue weighted by Crippen LogP contribution is 2.21. The number of benzene rings is 2. The molecule has 172 valence electrons. The summed E-state index contributed by atoms with van der Waals surface area (Å²) in [6, 6.07) is 12.8. The van der Waals surface area contributed by atoms with Crippen LogP contribution in [-0.4, -0.2) is 47.2 Å². The van der Waals surface area contributed by atoms with Crippen LogP contribution in [0.1, 0.15) is 56.8 Å². The fourth-order valence-corrected chi connectivity index (χ4v) is 3.77. The number of nitrogens with zero attached hydrogens (tertiary/aromatic N) is 4. The minimum absolute atomic E-state index is 0.0950. The van der Waals surface area contributed by atoms with E-state index < -0.39 is 17.9 Å². The first-order valence-corrected chi connectivity index (χ1v) is 10.9. The van der Waals surface area contributed by atoms with Crippen LogP contribution >= 0.6 is 0 Å². The average molecular weight is 456 g/mol. The Hall–Kier alpha value is -4.43. The van der Waals surface area contributed by atoms with Gasteiger partial charge in [0.25, 0.3) is 11.8 Å². The van der Waals surface area contributed by atoms with Crippen LogP contribution in [0.5, 0.6) is 0 Å². The lowest BCUT2D eigenvalue weighted by atomic mass is 9.99. The zero-order chi connectivity index (χ0) is 24.7. The number of nitriles is 2. The molecule has 0 spiro atoms. The van der Waals surface area contributed by atoms with Crippen molar-refractivity contribution in [2.75, 3.05) is 19.6 Å². The Morgan fingerprint density at radius 1 is 1.12 bits per heavy atom. The monoisotopic (exact) mass is 455 g/mol. The van der Waals surface area contributed by atoms with Crippen molar-refractivity contribution in [2.24, 2.45) is 0 Å². The van der Waals surface area contributed by atoms with Crippen molar-refractivity contribution in [2.45, 2.75) is 26.3 Å². The Bertz CT molecular complexity index is 1210. The molecule has 0 aliphatic carbocycles. The summed E-state index contributed by atoms with van der Waals surface area (Å²) in [7, 11) is 0. The van der Waals surface area contributed by atoms with E-state index in [0.717, 1.165) is 4.90 Å². The van der Waals surface area contributed by atoms with Crippen molar-refractivity contribution in [3.63, 3.8) is 0 Å². The van der Waals surface area contributed by atoms with Gasteiger partial charge in [0.15, 0.2) is 6.19 Å². The molecule has 1 aliphatic heterocycles. The summed E-state index contributed by atoms with van der Waals surface area (Å²) < 4.78 is 0. The number of nitrogens with one attached hydrogen (secondary N) is 1. The molecule has 1 aliphatic rings. The summed E-state index contributed by atoms with van der Waals surface area (Å²) in [5.41, 5.74) is 2.52. The van der Waals surface area contributed by atoms with Gasteiger partial charge < -0.3 is 10.2 Å². The van der Waals surface area contributed by atoms with E-state index in [1.54, 1.807) is 61.2 Å². The van der Waals surface area contributed by atoms with Crippen molar-refractivity contribution in [3.05, 3.63) is 82.4 Å². The zero-order valence-corrected chi connectivity index (χ0v) is 19.1. The Labute approximate surface area is 198 Å². The van der Waals surface area contributed by atoms with Crippen molar-refractivity contribution < 1.29 is 14.4 Å². The summed E-state index contributed by atoms with van der Waals surface area (Å²) in [6.07, 6.45) is 5.57. The van der Waals surface area contributed by atoms with Crippen LogP contribution in [0.3, 0.4) is 0 Å². The maximum Gasteiger partial charge on any atom is 0.254 e. The summed E-state index contributed by atoms with van der Waals surface area (Å²) >= 11 is 0. The van der Waals surface area contributed by atoms with E-state index in [9.17, 15) is 24.9 Å². The fraction of sp³-hybridized carbons (Fsp3) is 0.269. The number of carbonyl (C=O) groups is 3. The summed E-state index contributed by atoms with van der Waals surface area (Å²) in [4.78, 5) is 41.1. The standard InChI is InChI=1S/C26H25N5O3/c1-3-30(17-28)24(32)15-23(20-8-6-7-19(14-20)16-27)29-25(33)21-9-10-22(18(2)13-21)26(34)31-11-4-5-12-31/h4-10,13-14,23H,3,11-12,15H2,1-2H3,(H,29,33). The molecule has 1 heterocycles. The van der Waals surface area contributed by atoms with E-state index in [-0.39, 0.29) is 18.9 Å². The van der Waals surface area contributed by atoms with Crippen molar-refractivity contribution in [1.82, 2.24) is 15.1 Å². The Balaban J connectivity index is 1.83. The first-order valence-electron chi connectivity index (χ1n) is 10.9. The topological polar surface area (TPSA) is 117 Å². The second kappa shape index (κ2) is 10.9. The normalized spacial score (nSPS) is 13.0. The first-order chi connectivity index (χ1) is 16.4. The molecule has 0 aromatic heterocycles. The minimum Gasteiger partial charge on any atom is -0.345 e. The molecular formula is C26H25N5O3. The van der Waals surface area contributed by atoms with E-state index in [1.807, 2.05) is 18.3 Å². The van der Waals surface area contributed by atoms with E-state index in [0.29, 0.717) is 40.9 Å². The van der Waals surface area contributed by atoms with Crippen LogP contribution in [0.4, 0.5) is 0 Å². The molecule has 0 radical (unpaired) electrons. The van der Waals surface area contributed by atoms with Gasteiger partial charge in [-0.1, -0.05) is 24.3 Å². The maximum atomic E-state index is 13.1. The highest BCUT2D eigenvalue weighted by molar-refractivity contribution is 5.99. The second-order valence-electron chi connectivity index (χ2n) is 7.92. The molecule has 0 saturated heterocycles. The lowest BCUT2D eigenvalue weighted by molar-refractivity contribution is -0.128. The molecule has 2 aromatic carbocycles. The molecule has 0 saturated carbocycles. The lowest BCUT2D eigenvalue weighted by Gasteiger charge is -2.21. The highest BCUT2D eigenvalue weighted by atomic mass is 16.2. The number of amides is 3. The van der Waals surface area contributed by atoms with Crippen molar-refractivity contribution in [3.8, 4) is 12.3 Å². The van der Waals surface area contributed by atoms with Crippen LogP contribution in [0.15, 0.2) is 54.6 Å². The average Bonchev–Trinajstić information content (AvgIpc) is 3.39. The summed E-state index contributed by atoms with van der Waals surface area (Å²) in [6.45, 7) is 4.81. The predicted molar refractivity (Wildman–Crippen MR) is 125 cm³/mol. The SMILES string of the molecule is CCN(C#N)C(=O)CC(NC(=O)c1ccc(C(=O)N2CC=CC2)c(C)c1)c1cccc(C#N)c1. The number of rotatable bonds is 7. The van der Waals surface area contributed by atoms with Gasteiger partial charge in [-0.05, 0) is 55.3 Å². The van der Waals surface area contributed by atoms with Gasteiger partial charge in [-0.15, -0.1) is 0 Å². The van der Waals surface area contributed by atoms with E-state index in [1.165, 1.54) is 0 Å². The molecule has 3 amide bonds. The molecule has 34 heavy (non-hydrogen) atoms. The molecule has 8 nitrogen and oxygen atoms in total. The number of hydrogen-bond donors (Lipinski definition) is 1. The van der Waals surface area contributed by atoms with Gasteiger partial charge in [0.05, 0.1) is 24.1 Å². The van der Waals surface area contributed by atoms with Crippen LogP contribution in [0.25, 0.3) is 0 Å².